The van der Waals surface area contributed by atoms with Gasteiger partial charge in [-0.2, -0.15) is 0 Å². The van der Waals surface area contributed by atoms with Gasteiger partial charge in [-0.05, 0) is 76.3 Å². The highest BCUT2D eigenvalue weighted by Gasteiger charge is 2.27. The molecule has 0 radical (unpaired) electrons. The van der Waals surface area contributed by atoms with Gasteiger partial charge in [0.25, 0.3) is 5.91 Å². The largest absolute Gasteiger partial charge is 0.497 e. The van der Waals surface area contributed by atoms with Crippen molar-refractivity contribution in [3.63, 3.8) is 0 Å². The molecule has 16 heteroatoms. The molecule has 2 amide bonds. The first-order chi connectivity index (χ1) is 28.5. The van der Waals surface area contributed by atoms with E-state index in [2.05, 4.69) is 20.6 Å². The Morgan fingerprint density at radius 3 is 2.42 bits per heavy atom. The van der Waals surface area contributed by atoms with Crippen molar-refractivity contribution in [2.24, 2.45) is 10.9 Å². The molecule has 57 heavy (non-hydrogen) atoms. The summed E-state index contributed by atoms with van der Waals surface area (Å²) in [6.45, 7) is 7.43. The molecule has 1 aliphatic heterocycles. The van der Waals surface area contributed by atoms with Crippen molar-refractivity contribution in [1.82, 2.24) is 24.8 Å². The van der Waals surface area contributed by atoms with Crippen LogP contribution in [0, 0.1) is 19.8 Å². The zero-order valence-corrected chi connectivity index (χ0v) is 35.1. The molecule has 4 aromatic rings. The average Bonchev–Trinajstić information content (AvgIpc) is 3.56. The summed E-state index contributed by atoms with van der Waals surface area (Å²) in [5.41, 5.74) is 1.44. The smallest absolute Gasteiger partial charge is 0.408 e. The van der Waals surface area contributed by atoms with E-state index < -0.39 is 36.8 Å². The van der Waals surface area contributed by atoms with Crippen LogP contribution in [0.5, 0.6) is 5.75 Å². The number of nitrogens with zero attached hydrogens (tertiary/aromatic N) is 6. The lowest BCUT2D eigenvalue weighted by molar-refractivity contribution is -0.147. The van der Waals surface area contributed by atoms with Crippen molar-refractivity contribution in [1.29, 1.82) is 0 Å². The number of nitrogens with one attached hydrogen (secondary N) is 2. The molecule has 0 saturated carbocycles. The second-order valence-electron chi connectivity index (χ2n) is 14.9. The van der Waals surface area contributed by atoms with Gasteiger partial charge in [-0.1, -0.05) is 61.1 Å². The molecule has 1 saturated heterocycles. The number of carbonyl (C=O) groups is 3. The fourth-order valence-corrected chi connectivity index (χ4v) is 6.99. The number of rotatable bonds is 14. The van der Waals surface area contributed by atoms with Crippen molar-refractivity contribution in [3.05, 3.63) is 86.4 Å². The topological polar surface area (TPSA) is 153 Å². The number of hydrogen-bond donors (Lipinski definition) is 2. The number of thiazole rings is 1. The van der Waals surface area contributed by atoms with E-state index >= 15 is 0 Å². The summed E-state index contributed by atoms with van der Waals surface area (Å²) in [6, 6.07) is 13.4. The highest BCUT2D eigenvalue weighted by Crippen LogP contribution is 2.27. The van der Waals surface area contributed by atoms with Gasteiger partial charge in [0.1, 0.15) is 40.5 Å². The van der Waals surface area contributed by atoms with Crippen molar-refractivity contribution in [2.75, 3.05) is 56.6 Å². The van der Waals surface area contributed by atoms with Crippen molar-refractivity contribution >= 4 is 58.2 Å². The van der Waals surface area contributed by atoms with Gasteiger partial charge in [0.2, 0.25) is 0 Å². The normalized spacial score (nSPS) is 15.9. The SMILES string of the molecule is [2H]C([2H])(OC(=O)[C@H](CC(C)C)NC(=O)OC(C)(C)C)C([2H])([2H])N1CCN(c2cc(/N=c3\sc(C(=O)Nc4c(C)cccc4Cl)cn3Cc3ccc(OC)cc3)nc(C)n2)CC1. The third-order valence-electron chi connectivity index (χ3n) is 8.58. The number of carbonyl (C=O) groups excluding carboxylic acids is 3. The van der Waals surface area contributed by atoms with E-state index in [-0.39, 0.29) is 44.4 Å². The summed E-state index contributed by atoms with van der Waals surface area (Å²) >= 11 is 7.60. The van der Waals surface area contributed by atoms with E-state index in [1.54, 1.807) is 53.1 Å². The zero-order valence-electron chi connectivity index (χ0n) is 37.5. The summed E-state index contributed by atoms with van der Waals surface area (Å²) in [6.07, 6.45) is 0.984. The fraction of sp³-hybridized carbons (Fsp3) is 0.463. The molecule has 14 nitrogen and oxygen atoms in total. The first-order valence-corrected chi connectivity index (χ1v) is 19.8. The maximum absolute atomic E-state index is 13.6. The Morgan fingerprint density at radius 1 is 1.05 bits per heavy atom. The maximum atomic E-state index is 13.6. The van der Waals surface area contributed by atoms with E-state index in [4.69, 9.17) is 36.3 Å². The van der Waals surface area contributed by atoms with Crippen LogP contribution in [0.1, 0.15) is 73.1 Å². The van der Waals surface area contributed by atoms with Crippen LogP contribution in [-0.4, -0.2) is 95.4 Å². The average molecular weight is 825 g/mol. The second kappa shape index (κ2) is 19.4. The number of benzene rings is 2. The first-order valence-electron chi connectivity index (χ1n) is 20.6. The first kappa shape index (κ1) is 37.6. The van der Waals surface area contributed by atoms with Gasteiger partial charge < -0.3 is 34.3 Å². The molecule has 1 aliphatic rings. The maximum Gasteiger partial charge on any atom is 0.408 e. The molecule has 306 valence electrons. The molecule has 0 aliphatic carbocycles. The van der Waals surface area contributed by atoms with Crippen LogP contribution in [0.25, 0.3) is 0 Å². The molecule has 2 N–H and O–H groups in total. The van der Waals surface area contributed by atoms with Crippen molar-refractivity contribution in [2.45, 2.75) is 73.1 Å². The molecule has 1 fully saturated rings. The van der Waals surface area contributed by atoms with E-state index in [0.29, 0.717) is 50.1 Å². The highest BCUT2D eigenvalue weighted by atomic mass is 35.5. The van der Waals surface area contributed by atoms with Gasteiger partial charge in [0.05, 0.1) is 20.6 Å². The molecule has 0 spiro atoms. The second-order valence-corrected chi connectivity index (χ2v) is 16.3. The molecule has 5 rings (SSSR count). The number of hydrogen-bond acceptors (Lipinski definition) is 12. The Balaban J connectivity index is 1.34. The number of ether oxygens (including phenoxy) is 3. The molecule has 2 aromatic heterocycles. The summed E-state index contributed by atoms with van der Waals surface area (Å²) < 4.78 is 52.3. The van der Waals surface area contributed by atoms with Crippen molar-refractivity contribution in [3.8, 4) is 5.75 Å². The number of halogens is 1. The van der Waals surface area contributed by atoms with E-state index in [1.165, 1.54) is 16.2 Å². The lowest BCUT2D eigenvalue weighted by Crippen LogP contribution is -2.48. The molecule has 1 atom stereocenters. The number of piperazine rings is 1. The summed E-state index contributed by atoms with van der Waals surface area (Å²) in [5.74, 6) is 0.450. The van der Waals surface area contributed by atoms with Gasteiger partial charge in [0, 0.05) is 54.2 Å². The van der Waals surface area contributed by atoms with Crippen LogP contribution in [-0.2, 0) is 20.8 Å². The third kappa shape index (κ3) is 12.8. The minimum absolute atomic E-state index is 0.0569. The molecule has 0 unspecified atom stereocenters. The molecule has 0 bridgehead atoms. The van der Waals surface area contributed by atoms with Gasteiger partial charge in [0.15, 0.2) is 10.6 Å². The number of aryl methyl sites for hydroxylation is 2. The summed E-state index contributed by atoms with van der Waals surface area (Å²) in [5, 5.41) is 5.80. The lowest BCUT2D eigenvalue weighted by Gasteiger charge is -2.35. The standard InChI is InChI=1S/C41H53ClN8O6S/c1-26(2)22-32(45-40(53)56-41(5,6)7)38(52)55-21-20-48-16-18-49(19-17-48)35-23-34(43-28(4)44-35)46-39-50(24-29-12-14-30(54-8)15-13-29)25-33(57-39)37(51)47-36-27(3)10-9-11-31(36)42/h9-15,23,25-26,32H,16-22,24H2,1-8H3,(H,45,53)(H,47,51)/b46-39-/t32-/m0/s1/i20D2,21D2. The van der Waals surface area contributed by atoms with Crippen LogP contribution in [0.4, 0.5) is 22.1 Å². The molecule has 3 heterocycles. The van der Waals surface area contributed by atoms with Crippen LogP contribution < -0.4 is 25.1 Å². The minimum atomic E-state index is -3.08. The van der Waals surface area contributed by atoms with E-state index in [0.717, 1.165) is 11.1 Å². The summed E-state index contributed by atoms with van der Waals surface area (Å²) in [7, 11) is 1.60. The number of esters is 1. The number of amides is 2. The Morgan fingerprint density at radius 2 is 1.77 bits per heavy atom. The predicted octanol–water partition coefficient (Wildman–Crippen LogP) is 6.76. The third-order valence-corrected chi connectivity index (χ3v) is 9.91. The minimum Gasteiger partial charge on any atom is -0.497 e. The zero-order chi connectivity index (χ0) is 44.9. The number of methoxy groups -OCH3 is 1. The van der Waals surface area contributed by atoms with E-state index in [9.17, 15) is 14.4 Å². The Kier molecular flexibility index (Phi) is 12.8. The molecular formula is C41H53ClN8O6S. The Bertz CT molecular complexity index is 2250. The Labute approximate surface area is 348 Å². The fourth-order valence-electron chi connectivity index (χ4n) is 5.82. The Hall–Kier alpha value is -4.99. The number of para-hydroxylation sites is 1. The lowest BCUT2D eigenvalue weighted by atomic mass is 10.0. The van der Waals surface area contributed by atoms with Crippen LogP contribution in [0.15, 0.2) is 59.7 Å². The molecule has 2 aromatic carbocycles. The van der Waals surface area contributed by atoms with Crippen LogP contribution >= 0.6 is 22.9 Å². The van der Waals surface area contributed by atoms with Gasteiger partial charge >= 0.3 is 12.1 Å². The van der Waals surface area contributed by atoms with Crippen LogP contribution in [0.3, 0.4) is 0 Å². The van der Waals surface area contributed by atoms with Crippen molar-refractivity contribution < 1.29 is 34.1 Å². The quantitative estimate of drug-likeness (QED) is 0.131. The van der Waals surface area contributed by atoms with E-state index in [1.807, 2.05) is 66.6 Å². The predicted molar refractivity (Wildman–Crippen MR) is 223 cm³/mol. The number of alkyl carbamates (subject to hydrolysis) is 1. The van der Waals surface area contributed by atoms with Gasteiger partial charge in [-0.25, -0.2) is 24.5 Å². The monoisotopic (exact) mass is 824 g/mol. The number of aromatic nitrogens is 3. The van der Waals surface area contributed by atoms with Gasteiger partial charge in [-0.3, -0.25) is 9.69 Å². The highest BCUT2D eigenvalue weighted by molar-refractivity contribution is 7.11. The number of anilines is 2. The summed E-state index contributed by atoms with van der Waals surface area (Å²) in [4.78, 5) is 57.5. The van der Waals surface area contributed by atoms with Gasteiger partial charge in [-0.15, -0.1) is 0 Å². The molecular weight excluding hydrogens is 768 g/mol. The van der Waals surface area contributed by atoms with Crippen LogP contribution in [0.2, 0.25) is 5.02 Å².